The standard InChI is InChI=1S/C27H34N4O3/c1-3-20(16-21-8-5-4-6-9-21)17-28-27(32)23-10-7-15-31(18-23)19-25-29-26(30-34-25)22-11-13-24(33-2)14-12-22/h4-6,8-9,11-14,20,23H,3,7,10,15-19H2,1-2H3,(H,28,32). The van der Waals surface area contributed by atoms with E-state index in [1.54, 1.807) is 7.11 Å². The summed E-state index contributed by atoms with van der Waals surface area (Å²) in [6, 6.07) is 18.1. The average Bonchev–Trinajstić information content (AvgIpc) is 3.35. The first-order valence-corrected chi connectivity index (χ1v) is 12.2. The fourth-order valence-corrected chi connectivity index (χ4v) is 4.48. The molecule has 1 aliphatic rings. The zero-order valence-corrected chi connectivity index (χ0v) is 20.1. The lowest BCUT2D eigenvalue weighted by molar-refractivity contribution is -0.127. The molecule has 3 aromatic rings. The molecule has 180 valence electrons. The summed E-state index contributed by atoms with van der Waals surface area (Å²) in [4.78, 5) is 19.7. The molecule has 2 aromatic carbocycles. The Morgan fingerprint density at radius 3 is 2.74 bits per heavy atom. The second-order valence-corrected chi connectivity index (χ2v) is 9.02. The van der Waals surface area contributed by atoms with E-state index in [0.29, 0.717) is 30.7 Å². The number of benzene rings is 2. The molecule has 0 bridgehead atoms. The molecule has 0 spiro atoms. The van der Waals surface area contributed by atoms with Crippen LogP contribution < -0.4 is 10.1 Å². The molecular weight excluding hydrogens is 428 g/mol. The van der Waals surface area contributed by atoms with E-state index in [0.717, 1.165) is 50.1 Å². The summed E-state index contributed by atoms with van der Waals surface area (Å²) in [5.41, 5.74) is 2.20. The molecule has 1 aromatic heterocycles. The Kier molecular flexibility index (Phi) is 8.31. The van der Waals surface area contributed by atoms with Gasteiger partial charge in [-0.15, -0.1) is 0 Å². The van der Waals surface area contributed by atoms with E-state index in [1.807, 2.05) is 30.3 Å². The highest BCUT2D eigenvalue weighted by molar-refractivity contribution is 5.79. The van der Waals surface area contributed by atoms with Crippen molar-refractivity contribution >= 4 is 5.91 Å². The average molecular weight is 463 g/mol. The molecule has 2 heterocycles. The molecule has 7 nitrogen and oxygen atoms in total. The number of nitrogens with zero attached hydrogens (tertiary/aromatic N) is 3. The van der Waals surface area contributed by atoms with Gasteiger partial charge in [0.25, 0.3) is 0 Å². The normalized spacial score (nSPS) is 17.3. The summed E-state index contributed by atoms with van der Waals surface area (Å²) in [7, 11) is 1.64. The maximum absolute atomic E-state index is 12.9. The molecule has 4 rings (SSSR count). The van der Waals surface area contributed by atoms with Crippen molar-refractivity contribution in [2.24, 2.45) is 11.8 Å². The first kappa shape index (κ1) is 24.0. The second-order valence-electron chi connectivity index (χ2n) is 9.02. The molecule has 0 saturated carbocycles. The number of aromatic nitrogens is 2. The van der Waals surface area contributed by atoms with E-state index in [1.165, 1.54) is 5.56 Å². The van der Waals surface area contributed by atoms with Crippen LogP contribution in [0.1, 0.15) is 37.6 Å². The highest BCUT2D eigenvalue weighted by Crippen LogP contribution is 2.22. The lowest BCUT2D eigenvalue weighted by Gasteiger charge is -2.31. The van der Waals surface area contributed by atoms with Gasteiger partial charge in [-0.1, -0.05) is 48.8 Å². The number of carbonyl (C=O) groups is 1. The third kappa shape index (κ3) is 6.44. The van der Waals surface area contributed by atoms with Crippen molar-refractivity contribution in [3.63, 3.8) is 0 Å². The summed E-state index contributed by atoms with van der Waals surface area (Å²) in [5, 5.41) is 7.34. The zero-order valence-electron chi connectivity index (χ0n) is 20.1. The van der Waals surface area contributed by atoms with Gasteiger partial charge >= 0.3 is 0 Å². The maximum atomic E-state index is 12.9. The summed E-state index contributed by atoms with van der Waals surface area (Å²) in [6.45, 7) is 5.10. The van der Waals surface area contributed by atoms with Crippen LogP contribution in [0.2, 0.25) is 0 Å². The smallest absolute Gasteiger partial charge is 0.241 e. The van der Waals surface area contributed by atoms with Crippen LogP contribution in [0.4, 0.5) is 0 Å². The second kappa shape index (κ2) is 11.8. The molecular formula is C27H34N4O3. The van der Waals surface area contributed by atoms with E-state index in [-0.39, 0.29) is 11.8 Å². The minimum absolute atomic E-state index is 0.00744. The number of hydrogen-bond donors (Lipinski definition) is 1. The number of likely N-dealkylation sites (tertiary alicyclic amines) is 1. The number of hydrogen-bond acceptors (Lipinski definition) is 6. The van der Waals surface area contributed by atoms with Gasteiger partial charge in [0.15, 0.2) is 0 Å². The number of ether oxygens (including phenoxy) is 1. The van der Waals surface area contributed by atoms with E-state index < -0.39 is 0 Å². The SMILES string of the molecule is CCC(CNC(=O)C1CCCN(Cc2nc(-c3ccc(OC)cc3)no2)C1)Cc1ccccc1. The molecule has 1 fully saturated rings. The molecule has 1 amide bonds. The van der Waals surface area contributed by atoms with E-state index in [9.17, 15) is 4.79 Å². The summed E-state index contributed by atoms with van der Waals surface area (Å²) >= 11 is 0. The number of carbonyl (C=O) groups excluding carboxylic acids is 1. The van der Waals surface area contributed by atoms with Gasteiger partial charge in [0.05, 0.1) is 19.6 Å². The Morgan fingerprint density at radius 2 is 2.00 bits per heavy atom. The number of nitrogens with one attached hydrogen (secondary N) is 1. The monoisotopic (exact) mass is 462 g/mol. The van der Waals surface area contributed by atoms with Gasteiger partial charge in [-0.25, -0.2) is 0 Å². The zero-order chi connectivity index (χ0) is 23.8. The van der Waals surface area contributed by atoms with Crippen LogP contribution in [0, 0.1) is 11.8 Å². The molecule has 1 N–H and O–H groups in total. The highest BCUT2D eigenvalue weighted by Gasteiger charge is 2.27. The first-order valence-electron chi connectivity index (χ1n) is 12.2. The van der Waals surface area contributed by atoms with Crippen LogP contribution >= 0.6 is 0 Å². The van der Waals surface area contributed by atoms with Gasteiger partial charge in [0, 0.05) is 18.7 Å². The van der Waals surface area contributed by atoms with Crippen molar-refractivity contribution in [3.05, 3.63) is 66.1 Å². The molecule has 2 atom stereocenters. The van der Waals surface area contributed by atoms with Gasteiger partial charge in [-0.3, -0.25) is 9.69 Å². The Morgan fingerprint density at radius 1 is 1.21 bits per heavy atom. The van der Waals surface area contributed by atoms with E-state index in [2.05, 4.69) is 51.5 Å². The number of amides is 1. The third-order valence-electron chi connectivity index (χ3n) is 6.56. The minimum atomic E-state index is -0.00744. The molecule has 1 saturated heterocycles. The predicted octanol–water partition coefficient (Wildman–Crippen LogP) is 4.34. The van der Waals surface area contributed by atoms with E-state index >= 15 is 0 Å². The van der Waals surface area contributed by atoms with Crippen molar-refractivity contribution in [1.29, 1.82) is 0 Å². The lowest BCUT2D eigenvalue weighted by atomic mass is 9.95. The summed E-state index contributed by atoms with van der Waals surface area (Å²) < 4.78 is 10.7. The summed E-state index contributed by atoms with van der Waals surface area (Å²) in [6.07, 6.45) is 3.93. The fraction of sp³-hybridized carbons (Fsp3) is 0.444. The fourth-order valence-electron chi connectivity index (χ4n) is 4.48. The van der Waals surface area contributed by atoms with Gasteiger partial charge in [0.1, 0.15) is 5.75 Å². The minimum Gasteiger partial charge on any atom is -0.497 e. The van der Waals surface area contributed by atoms with Crippen molar-refractivity contribution in [2.45, 2.75) is 39.2 Å². The van der Waals surface area contributed by atoms with E-state index in [4.69, 9.17) is 9.26 Å². The Bertz CT molecular complexity index is 1040. The molecule has 2 unspecified atom stereocenters. The molecule has 0 aliphatic carbocycles. The van der Waals surface area contributed by atoms with Gasteiger partial charge in [-0.05, 0) is 61.6 Å². The number of methoxy groups -OCH3 is 1. The highest BCUT2D eigenvalue weighted by atomic mass is 16.5. The number of rotatable bonds is 10. The first-order chi connectivity index (χ1) is 16.6. The molecule has 34 heavy (non-hydrogen) atoms. The third-order valence-corrected chi connectivity index (χ3v) is 6.56. The van der Waals surface area contributed by atoms with Crippen molar-refractivity contribution in [1.82, 2.24) is 20.4 Å². The van der Waals surface area contributed by atoms with Gasteiger partial charge in [-0.2, -0.15) is 4.98 Å². The quantitative estimate of drug-likeness (QED) is 0.483. The molecule has 0 radical (unpaired) electrons. The predicted molar refractivity (Wildman–Crippen MR) is 131 cm³/mol. The van der Waals surface area contributed by atoms with Crippen LogP contribution in [0.15, 0.2) is 59.1 Å². The largest absolute Gasteiger partial charge is 0.497 e. The van der Waals surface area contributed by atoms with Gasteiger partial charge < -0.3 is 14.6 Å². The van der Waals surface area contributed by atoms with Crippen LogP contribution in [0.3, 0.4) is 0 Å². The van der Waals surface area contributed by atoms with Crippen molar-refractivity contribution in [2.75, 3.05) is 26.7 Å². The number of piperidine rings is 1. The van der Waals surface area contributed by atoms with Crippen molar-refractivity contribution < 1.29 is 14.1 Å². The van der Waals surface area contributed by atoms with Gasteiger partial charge in [0.2, 0.25) is 17.6 Å². The topological polar surface area (TPSA) is 80.5 Å². The lowest BCUT2D eigenvalue weighted by Crippen LogP contribution is -2.43. The van der Waals surface area contributed by atoms with Crippen LogP contribution in [-0.2, 0) is 17.8 Å². The van der Waals surface area contributed by atoms with Crippen molar-refractivity contribution in [3.8, 4) is 17.1 Å². The van der Waals surface area contributed by atoms with Crippen LogP contribution in [0.5, 0.6) is 5.75 Å². The maximum Gasteiger partial charge on any atom is 0.241 e. The Labute approximate surface area is 201 Å². The Balaban J connectivity index is 1.27. The van der Waals surface area contributed by atoms with Crippen LogP contribution in [-0.4, -0.2) is 47.7 Å². The van der Waals surface area contributed by atoms with Crippen LogP contribution in [0.25, 0.3) is 11.4 Å². The molecule has 1 aliphatic heterocycles. The Hall–Kier alpha value is -3.19. The molecule has 7 heteroatoms. The summed E-state index contributed by atoms with van der Waals surface area (Å²) in [5.74, 6) is 2.51.